The molecule has 0 aromatic carbocycles. The molecule has 0 aliphatic carbocycles. The molecule has 3 N–H and O–H groups in total. The molecule has 3 nitrogen and oxygen atoms in total. The van der Waals surface area contributed by atoms with Crippen molar-refractivity contribution in [2.75, 3.05) is 13.2 Å². The molecule has 12 heavy (non-hydrogen) atoms. The van der Waals surface area contributed by atoms with E-state index < -0.39 is 6.10 Å². The van der Waals surface area contributed by atoms with Crippen molar-refractivity contribution in [2.24, 2.45) is 0 Å². The quantitative estimate of drug-likeness (QED) is 0.482. The minimum absolute atomic E-state index is 0.0104. The molecule has 3 heteroatoms. The smallest absolute Gasteiger partial charge is 0.0895 e. The fourth-order valence-electron chi connectivity index (χ4n) is 0.876. The molecule has 0 spiro atoms. The highest BCUT2D eigenvalue weighted by Gasteiger charge is 2.05. The average molecular weight is 171 g/mol. The van der Waals surface area contributed by atoms with Gasteiger partial charge in [-0.2, -0.15) is 0 Å². The topological polar surface area (TPSA) is 52.5 Å². The van der Waals surface area contributed by atoms with Gasteiger partial charge in [0.2, 0.25) is 0 Å². The molecule has 70 valence electrons. The van der Waals surface area contributed by atoms with Crippen LogP contribution in [0.1, 0.15) is 19.8 Å². The second-order valence-corrected chi connectivity index (χ2v) is 2.75. The highest BCUT2D eigenvalue weighted by atomic mass is 16.3. The van der Waals surface area contributed by atoms with Crippen LogP contribution in [0.3, 0.4) is 0 Å². The number of nitrogens with one attached hydrogen (secondary N) is 1. The van der Waals surface area contributed by atoms with Crippen molar-refractivity contribution >= 4 is 0 Å². The third-order valence-electron chi connectivity index (χ3n) is 1.59. The first-order chi connectivity index (χ1) is 5.74. The van der Waals surface area contributed by atoms with Gasteiger partial charge in [-0.05, 0) is 6.42 Å². The first-order valence-electron chi connectivity index (χ1n) is 4.23. The first kappa shape index (κ1) is 11.4. The van der Waals surface area contributed by atoms with Gasteiger partial charge in [0.25, 0.3) is 0 Å². The van der Waals surface area contributed by atoms with E-state index in [0.29, 0.717) is 6.54 Å². The Balaban J connectivity index is 3.52. The van der Waals surface area contributed by atoms with Gasteiger partial charge < -0.3 is 15.5 Å². The summed E-state index contributed by atoms with van der Waals surface area (Å²) < 4.78 is 0. The predicted molar refractivity (Wildman–Crippen MR) is 48.6 cm³/mol. The van der Waals surface area contributed by atoms with E-state index in [1.807, 2.05) is 0 Å². The van der Waals surface area contributed by atoms with Crippen molar-refractivity contribution in [3.05, 3.63) is 0 Å². The van der Waals surface area contributed by atoms with Crippen LogP contribution in [0, 0.1) is 12.3 Å². The molecule has 0 rings (SSSR count). The van der Waals surface area contributed by atoms with Gasteiger partial charge in [0.05, 0.1) is 18.8 Å². The number of terminal acetylenes is 1. The summed E-state index contributed by atoms with van der Waals surface area (Å²) >= 11 is 0. The van der Waals surface area contributed by atoms with E-state index in [4.69, 9.17) is 16.6 Å². The molecule has 1 unspecified atom stereocenters. The molecule has 0 aliphatic heterocycles. The van der Waals surface area contributed by atoms with Crippen molar-refractivity contribution in [3.63, 3.8) is 0 Å². The zero-order valence-electron chi connectivity index (χ0n) is 7.45. The zero-order chi connectivity index (χ0) is 9.40. The Bertz CT molecular complexity index is 142. The zero-order valence-corrected chi connectivity index (χ0v) is 7.45. The Morgan fingerprint density at radius 1 is 1.58 bits per heavy atom. The highest BCUT2D eigenvalue weighted by Crippen LogP contribution is 1.94. The lowest BCUT2D eigenvalue weighted by molar-refractivity contribution is 0.0931. The van der Waals surface area contributed by atoms with Crippen molar-refractivity contribution in [2.45, 2.75) is 31.9 Å². The van der Waals surface area contributed by atoms with Crippen LogP contribution in [0.25, 0.3) is 0 Å². The maximum absolute atomic E-state index is 8.99. The Hall–Kier alpha value is -0.560. The maximum Gasteiger partial charge on any atom is 0.0895 e. The van der Waals surface area contributed by atoms with Gasteiger partial charge in [-0.15, -0.1) is 6.42 Å². The van der Waals surface area contributed by atoms with Gasteiger partial charge in [0.1, 0.15) is 0 Å². The molecular formula is C9H17NO2. The fourth-order valence-corrected chi connectivity index (χ4v) is 0.876. The van der Waals surface area contributed by atoms with E-state index in [-0.39, 0.29) is 12.6 Å². The average Bonchev–Trinajstić information content (AvgIpc) is 2.11. The summed E-state index contributed by atoms with van der Waals surface area (Å²) in [6, 6.07) is 0.0104. The standard InChI is InChI=1S/C9H17NO2/c1-3-5-8(4-2)10-6-9(12)7-11/h2,8-12H,3,5-7H2,1H3/t8?,9-/m0/s1. The van der Waals surface area contributed by atoms with Crippen molar-refractivity contribution in [1.29, 1.82) is 0 Å². The molecule has 0 saturated heterocycles. The van der Waals surface area contributed by atoms with E-state index >= 15 is 0 Å². The molecule has 2 atom stereocenters. The van der Waals surface area contributed by atoms with Gasteiger partial charge in [-0.1, -0.05) is 19.3 Å². The lowest BCUT2D eigenvalue weighted by atomic mass is 10.2. The van der Waals surface area contributed by atoms with E-state index in [9.17, 15) is 0 Å². The molecule has 0 aromatic heterocycles. The molecule has 0 radical (unpaired) electrons. The van der Waals surface area contributed by atoms with Crippen molar-refractivity contribution < 1.29 is 10.2 Å². The fraction of sp³-hybridized carbons (Fsp3) is 0.778. The number of aliphatic hydroxyl groups is 2. The van der Waals surface area contributed by atoms with Gasteiger partial charge >= 0.3 is 0 Å². The van der Waals surface area contributed by atoms with Crippen LogP contribution >= 0.6 is 0 Å². The third-order valence-corrected chi connectivity index (χ3v) is 1.59. The summed E-state index contributed by atoms with van der Waals surface area (Å²) in [5.41, 5.74) is 0. The van der Waals surface area contributed by atoms with Gasteiger partial charge in [0, 0.05) is 6.54 Å². The van der Waals surface area contributed by atoms with Crippen LogP contribution in [0.15, 0.2) is 0 Å². The van der Waals surface area contributed by atoms with E-state index in [0.717, 1.165) is 12.8 Å². The Labute approximate surface area is 73.8 Å². The van der Waals surface area contributed by atoms with E-state index in [1.54, 1.807) is 0 Å². The predicted octanol–water partition coefficient (Wildman–Crippen LogP) is -0.269. The van der Waals surface area contributed by atoms with Crippen LogP contribution in [0.4, 0.5) is 0 Å². The second kappa shape index (κ2) is 7.11. The van der Waals surface area contributed by atoms with Crippen LogP contribution < -0.4 is 5.32 Å². The molecule has 0 aromatic rings. The van der Waals surface area contributed by atoms with Crippen LogP contribution in [-0.2, 0) is 0 Å². The molecule has 0 aliphatic rings. The van der Waals surface area contributed by atoms with Crippen molar-refractivity contribution in [3.8, 4) is 12.3 Å². The summed E-state index contributed by atoms with van der Waals surface area (Å²) in [7, 11) is 0. The monoisotopic (exact) mass is 171 g/mol. The molecule has 0 fully saturated rings. The molecule has 0 heterocycles. The SMILES string of the molecule is C#CC(CCC)NC[C@H](O)CO. The highest BCUT2D eigenvalue weighted by molar-refractivity contribution is 4.98. The Morgan fingerprint density at radius 3 is 2.67 bits per heavy atom. The van der Waals surface area contributed by atoms with Gasteiger partial charge in [0.15, 0.2) is 0 Å². The number of hydrogen-bond donors (Lipinski definition) is 3. The Kier molecular flexibility index (Phi) is 6.78. The third kappa shape index (κ3) is 5.14. The largest absolute Gasteiger partial charge is 0.394 e. The molecular weight excluding hydrogens is 154 g/mol. The maximum atomic E-state index is 8.99. The second-order valence-electron chi connectivity index (χ2n) is 2.75. The van der Waals surface area contributed by atoms with Gasteiger partial charge in [-0.25, -0.2) is 0 Å². The van der Waals surface area contributed by atoms with Crippen molar-refractivity contribution in [1.82, 2.24) is 5.32 Å². The number of aliphatic hydroxyl groups excluding tert-OH is 2. The molecule has 0 saturated carbocycles. The Morgan fingerprint density at radius 2 is 2.25 bits per heavy atom. The lowest BCUT2D eigenvalue weighted by Gasteiger charge is -2.13. The molecule has 0 bridgehead atoms. The normalized spacial score (nSPS) is 15.2. The van der Waals surface area contributed by atoms with Gasteiger partial charge in [-0.3, -0.25) is 0 Å². The minimum atomic E-state index is -0.710. The summed E-state index contributed by atoms with van der Waals surface area (Å²) in [5.74, 6) is 2.58. The molecule has 0 amide bonds. The summed E-state index contributed by atoms with van der Waals surface area (Å²) in [5, 5.41) is 20.5. The first-order valence-corrected chi connectivity index (χ1v) is 4.23. The van der Waals surface area contributed by atoms with Crippen LogP contribution in [-0.4, -0.2) is 35.5 Å². The minimum Gasteiger partial charge on any atom is -0.394 e. The summed E-state index contributed by atoms with van der Waals surface area (Å²) in [6.45, 7) is 2.18. The van der Waals surface area contributed by atoms with Crippen LogP contribution in [0.2, 0.25) is 0 Å². The van der Waals surface area contributed by atoms with Crippen LogP contribution in [0.5, 0.6) is 0 Å². The number of hydrogen-bond acceptors (Lipinski definition) is 3. The van der Waals surface area contributed by atoms with E-state index in [2.05, 4.69) is 18.2 Å². The van der Waals surface area contributed by atoms with E-state index in [1.165, 1.54) is 0 Å². The summed E-state index contributed by atoms with van der Waals surface area (Å²) in [6.07, 6.45) is 6.43. The lowest BCUT2D eigenvalue weighted by Crippen LogP contribution is -2.36. The summed E-state index contributed by atoms with van der Waals surface area (Å²) in [4.78, 5) is 0. The number of rotatable bonds is 6.